The van der Waals surface area contributed by atoms with Crippen molar-refractivity contribution in [2.45, 2.75) is 71.8 Å². The Bertz CT molecular complexity index is 1660. The van der Waals surface area contributed by atoms with Crippen molar-refractivity contribution in [3.8, 4) is 11.1 Å². The van der Waals surface area contributed by atoms with Crippen molar-refractivity contribution in [1.29, 1.82) is 0 Å². The lowest BCUT2D eigenvalue weighted by molar-refractivity contribution is 0.0904. The second-order valence-electron chi connectivity index (χ2n) is 12.4. The molecule has 2 saturated heterocycles. The predicted octanol–water partition coefficient (Wildman–Crippen LogP) is 5.21. The predicted molar refractivity (Wildman–Crippen MR) is 184 cm³/mol. The van der Waals surface area contributed by atoms with Crippen LogP contribution in [0, 0.1) is 5.82 Å². The van der Waals surface area contributed by atoms with E-state index >= 15 is 4.39 Å². The molecule has 2 fully saturated rings. The molecular formula is C36H47FN8O2. The molecule has 2 amide bonds. The van der Waals surface area contributed by atoms with Gasteiger partial charge < -0.3 is 26.0 Å². The van der Waals surface area contributed by atoms with E-state index in [4.69, 9.17) is 9.72 Å². The second-order valence-corrected chi connectivity index (χ2v) is 12.4. The summed E-state index contributed by atoms with van der Waals surface area (Å²) < 4.78 is 22.6. The number of rotatable bonds is 11. The molecule has 0 unspecified atom stereocenters. The van der Waals surface area contributed by atoms with E-state index in [-0.39, 0.29) is 24.4 Å². The molecule has 0 radical (unpaired) electrons. The molecule has 2 aliphatic rings. The topological polar surface area (TPSA) is 108 Å². The van der Waals surface area contributed by atoms with Gasteiger partial charge in [0.05, 0.1) is 17.3 Å². The summed E-state index contributed by atoms with van der Waals surface area (Å²) >= 11 is 0. The van der Waals surface area contributed by atoms with Crippen LogP contribution >= 0.6 is 0 Å². The lowest BCUT2D eigenvalue weighted by Gasteiger charge is -2.26. The monoisotopic (exact) mass is 642 g/mol. The van der Waals surface area contributed by atoms with Crippen molar-refractivity contribution < 1.29 is 13.9 Å². The number of urea groups is 1. The molecule has 4 N–H and O–H groups in total. The van der Waals surface area contributed by atoms with E-state index in [0.717, 1.165) is 117 Å². The summed E-state index contributed by atoms with van der Waals surface area (Å²) in [5.74, 6) is -0.278. The number of pyridine rings is 1. The minimum absolute atomic E-state index is 0.272. The zero-order valence-electron chi connectivity index (χ0n) is 27.6. The third kappa shape index (κ3) is 8.09. The van der Waals surface area contributed by atoms with Gasteiger partial charge in [-0.2, -0.15) is 5.10 Å². The highest BCUT2D eigenvalue weighted by Crippen LogP contribution is 2.31. The fourth-order valence-electron chi connectivity index (χ4n) is 6.57. The average Bonchev–Trinajstić information content (AvgIpc) is 3.34. The number of anilines is 1. The normalized spacial score (nSPS) is 16.2. The molecule has 0 aliphatic carbocycles. The van der Waals surface area contributed by atoms with Gasteiger partial charge in [0.2, 0.25) is 0 Å². The number of benzene rings is 2. The number of hydrogen-bond donors (Lipinski definition) is 4. The van der Waals surface area contributed by atoms with Gasteiger partial charge in [-0.25, -0.2) is 18.9 Å². The molecule has 10 nitrogen and oxygen atoms in total. The highest BCUT2D eigenvalue weighted by Gasteiger charge is 2.22. The molecule has 2 aromatic heterocycles. The summed E-state index contributed by atoms with van der Waals surface area (Å²) in [5, 5.41) is 18.7. The van der Waals surface area contributed by atoms with Gasteiger partial charge in [-0.15, -0.1) is 0 Å². The number of carbonyl (C=O) groups is 1. The van der Waals surface area contributed by atoms with Gasteiger partial charge in [0.25, 0.3) is 0 Å². The summed E-state index contributed by atoms with van der Waals surface area (Å²) in [4.78, 5) is 20.5. The molecule has 4 heterocycles. The standard InChI is InChI=1S/C36H47FN8O2/c1-3-33-30(34(42-28-11-17-47-18-12-28)31-23-41-45(4-2)35(31)43-33)22-40-36(46)39-21-25-9-10-32(37)29(20-25)27-8-5-7-26(19-27)24-44-15-6-13-38-14-16-44/h5,7-10,19-20,23,28,38H,3-4,6,11-18,21-22,24H2,1-2H3,(H,42,43)(H2,39,40,46). The van der Waals surface area contributed by atoms with E-state index in [0.29, 0.717) is 12.1 Å². The molecule has 0 saturated carbocycles. The third-order valence-corrected chi connectivity index (χ3v) is 9.16. The molecule has 250 valence electrons. The Hall–Kier alpha value is -4.06. The number of nitrogens with one attached hydrogen (secondary N) is 4. The maximum atomic E-state index is 15.1. The quantitative estimate of drug-likeness (QED) is 0.178. The summed E-state index contributed by atoms with van der Waals surface area (Å²) in [6, 6.07) is 13.1. The van der Waals surface area contributed by atoms with Gasteiger partial charge in [0, 0.05) is 75.3 Å². The molecule has 47 heavy (non-hydrogen) atoms. The highest BCUT2D eigenvalue weighted by atomic mass is 19.1. The smallest absolute Gasteiger partial charge is 0.315 e. The van der Waals surface area contributed by atoms with Crippen LogP contribution in [0.1, 0.15) is 55.5 Å². The van der Waals surface area contributed by atoms with Crippen molar-refractivity contribution in [3.05, 3.63) is 76.9 Å². The summed E-state index contributed by atoms with van der Waals surface area (Å²) in [7, 11) is 0. The third-order valence-electron chi connectivity index (χ3n) is 9.16. The zero-order valence-corrected chi connectivity index (χ0v) is 27.6. The molecule has 2 aromatic carbocycles. The van der Waals surface area contributed by atoms with Gasteiger partial charge in [-0.05, 0) is 80.6 Å². The number of carbonyl (C=O) groups excluding carboxylic acids is 1. The number of aromatic nitrogens is 3. The number of halogens is 1. The van der Waals surface area contributed by atoms with E-state index in [1.54, 1.807) is 6.07 Å². The van der Waals surface area contributed by atoms with Gasteiger partial charge >= 0.3 is 6.03 Å². The maximum absolute atomic E-state index is 15.1. The van der Waals surface area contributed by atoms with Gasteiger partial charge in [-0.1, -0.05) is 31.2 Å². The Balaban J connectivity index is 1.13. The number of amides is 2. The highest BCUT2D eigenvalue weighted by molar-refractivity contribution is 5.92. The van der Waals surface area contributed by atoms with Crippen LogP contribution in [0.25, 0.3) is 22.2 Å². The zero-order chi connectivity index (χ0) is 32.6. The van der Waals surface area contributed by atoms with Crippen LogP contribution in [-0.2, 0) is 37.3 Å². The van der Waals surface area contributed by atoms with Crippen LogP contribution in [0.3, 0.4) is 0 Å². The molecule has 0 bridgehead atoms. The second kappa shape index (κ2) is 15.7. The Labute approximate surface area is 276 Å². The average molecular weight is 643 g/mol. The number of hydrogen-bond acceptors (Lipinski definition) is 7. The Kier molecular flexibility index (Phi) is 11.0. The molecule has 2 aliphatic heterocycles. The minimum atomic E-state index is -0.298. The first-order valence-corrected chi connectivity index (χ1v) is 17.1. The molecule has 4 aromatic rings. The minimum Gasteiger partial charge on any atom is -0.381 e. The van der Waals surface area contributed by atoms with Crippen molar-refractivity contribution in [1.82, 2.24) is 35.6 Å². The van der Waals surface area contributed by atoms with Crippen LogP contribution in [0.2, 0.25) is 0 Å². The number of nitrogens with zero attached hydrogens (tertiary/aromatic N) is 4. The van der Waals surface area contributed by atoms with Crippen molar-refractivity contribution in [2.24, 2.45) is 0 Å². The van der Waals surface area contributed by atoms with E-state index in [9.17, 15) is 4.79 Å². The van der Waals surface area contributed by atoms with Gasteiger partial charge in [0.15, 0.2) is 5.65 Å². The fourth-order valence-corrected chi connectivity index (χ4v) is 6.57. The van der Waals surface area contributed by atoms with Crippen LogP contribution in [0.5, 0.6) is 0 Å². The fraction of sp³-hybridized carbons (Fsp3) is 0.472. The molecule has 6 rings (SSSR count). The Morgan fingerprint density at radius 2 is 1.89 bits per heavy atom. The first-order chi connectivity index (χ1) is 23.0. The molecule has 0 atom stereocenters. The lowest BCUT2D eigenvalue weighted by atomic mass is 10.00. The SMILES string of the molecule is CCc1nc2c(cnn2CC)c(NC2CCOCC2)c1CNC(=O)NCc1ccc(F)c(-c2cccc(CN3CCCNCC3)c2)c1. The Morgan fingerprint density at radius 3 is 2.72 bits per heavy atom. The summed E-state index contributed by atoms with van der Waals surface area (Å²) in [6.07, 6.45) is 5.55. The first kappa shape index (κ1) is 32.9. The number of fused-ring (bicyclic) bond motifs is 1. The maximum Gasteiger partial charge on any atom is 0.315 e. The molecular weight excluding hydrogens is 595 g/mol. The summed E-state index contributed by atoms with van der Waals surface area (Å²) in [6.45, 7) is 11.8. The number of ether oxygens (including phenoxy) is 1. The van der Waals surface area contributed by atoms with Crippen LogP contribution < -0.4 is 21.3 Å². The van der Waals surface area contributed by atoms with Crippen LogP contribution in [0.4, 0.5) is 14.9 Å². The van der Waals surface area contributed by atoms with E-state index in [1.807, 2.05) is 29.1 Å². The van der Waals surface area contributed by atoms with Crippen molar-refractivity contribution in [3.63, 3.8) is 0 Å². The van der Waals surface area contributed by atoms with E-state index < -0.39 is 0 Å². The Morgan fingerprint density at radius 1 is 1.04 bits per heavy atom. The molecule has 11 heteroatoms. The molecule has 0 spiro atoms. The van der Waals surface area contributed by atoms with Crippen molar-refractivity contribution in [2.75, 3.05) is 44.7 Å². The van der Waals surface area contributed by atoms with Gasteiger partial charge in [-0.3, -0.25) is 4.90 Å². The first-order valence-electron chi connectivity index (χ1n) is 17.1. The van der Waals surface area contributed by atoms with Gasteiger partial charge in [0.1, 0.15) is 5.82 Å². The van der Waals surface area contributed by atoms with E-state index in [2.05, 4.69) is 57.2 Å². The van der Waals surface area contributed by atoms with Crippen LogP contribution in [0.15, 0.2) is 48.7 Å². The van der Waals surface area contributed by atoms with Crippen LogP contribution in [-0.4, -0.2) is 71.1 Å². The summed E-state index contributed by atoms with van der Waals surface area (Å²) in [5.41, 5.74) is 7.10. The number of aryl methyl sites for hydroxylation is 2. The lowest BCUT2D eigenvalue weighted by Crippen LogP contribution is -2.35. The van der Waals surface area contributed by atoms with Crippen molar-refractivity contribution >= 4 is 22.8 Å². The largest absolute Gasteiger partial charge is 0.381 e. The van der Waals surface area contributed by atoms with E-state index in [1.165, 1.54) is 11.6 Å².